The van der Waals surface area contributed by atoms with Gasteiger partial charge in [0.15, 0.2) is 5.65 Å². The number of nitrogens with one attached hydrogen (secondary N) is 1. The highest BCUT2D eigenvalue weighted by molar-refractivity contribution is 5.75. The largest absolute Gasteiger partial charge is 0.423 e. The zero-order valence-electron chi connectivity index (χ0n) is 12.3. The topological polar surface area (TPSA) is 87.3 Å². The van der Waals surface area contributed by atoms with Gasteiger partial charge in [-0.15, -0.1) is 5.10 Å². The van der Waals surface area contributed by atoms with Crippen LogP contribution in [-0.4, -0.2) is 9.55 Å². The first-order valence-electron chi connectivity index (χ1n) is 6.89. The number of fused-ring (bicyclic) bond motifs is 2. The molecule has 1 N–H and O–H groups in total. The zero-order chi connectivity index (χ0) is 15.7. The van der Waals surface area contributed by atoms with Crippen LogP contribution in [0.4, 0.5) is 0 Å². The molecule has 0 bridgehead atoms. The average molecular weight is 295 g/mol. The Morgan fingerprint density at radius 3 is 2.91 bits per heavy atom. The van der Waals surface area contributed by atoms with Gasteiger partial charge in [-0.05, 0) is 31.2 Å². The molecule has 0 atom stereocenters. The lowest BCUT2D eigenvalue weighted by atomic mass is 10.2. The summed E-state index contributed by atoms with van der Waals surface area (Å²) in [6.45, 7) is 2.65. The predicted molar refractivity (Wildman–Crippen MR) is 80.2 cm³/mol. The number of aryl methyl sites for hydroxylation is 1. The first kappa shape index (κ1) is 14.0. The third-order valence-electron chi connectivity index (χ3n) is 3.67. The standard InChI is InChI=1S/C15H15N6O/c1-3-21-13-9-10(18-19-16)6-7-12(13)20(2)15(22)11-5-4-8-17-14(11)21/h4-9,16H,3H2,1-2H3/q+1. The molecule has 110 valence electrons. The van der Waals surface area contributed by atoms with Gasteiger partial charge < -0.3 is 4.57 Å². The predicted octanol–water partition coefficient (Wildman–Crippen LogP) is 1.19. The van der Waals surface area contributed by atoms with Crippen LogP contribution in [0.3, 0.4) is 0 Å². The third kappa shape index (κ3) is 2.07. The monoisotopic (exact) mass is 295 g/mol. The lowest BCUT2D eigenvalue weighted by Crippen LogP contribution is -2.46. The van der Waals surface area contributed by atoms with Crippen molar-refractivity contribution in [1.29, 1.82) is 5.53 Å². The smallest absolute Gasteiger partial charge is 0.320 e. The van der Waals surface area contributed by atoms with Crippen molar-refractivity contribution in [3.63, 3.8) is 0 Å². The number of nitrogens with zero attached hydrogens (tertiary/aromatic N) is 5. The van der Waals surface area contributed by atoms with Gasteiger partial charge in [-0.2, -0.15) is 10.1 Å². The van der Waals surface area contributed by atoms with Crippen molar-refractivity contribution >= 4 is 11.0 Å². The van der Waals surface area contributed by atoms with Crippen molar-refractivity contribution < 1.29 is 4.57 Å². The highest BCUT2D eigenvalue weighted by Crippen LogP contribution is 2.17. The molecule has 0 fully saturated rings. The quantitative estimate of drug-likeness (QED) is 0.437. The fourth-order valence-corrected chi connectivity index (χ4v) is 2.63. The van der Waals surface area contributed by atoms with Crippen LogP contribution < -0.4 is 15.5 Å². The van der Waals surface area contributed by atoms with Crippen molar-refractivity contribution in [2.75, 3.05) is 0 Å². The Morgan fingerprint density at radius 2 is 2.18 bits per heavy atom. The Balaban J connectivity index is 2.65. The summed E-state index contributed by atoms with van der Waals surface area (Å²) >= 11 is 0. The summed E-state index contributed by atoms with van der Waals surface area (Å²) in [7, 11) is 1.74. The Bertz CT molecular complexity index is 976. The van der Waals surface area contributed by atoms with Crippen molar-refractivity contribution in [2.24, 2.45) is 17.4 Å². The van der Waals surface area contributed by atoms with Gasteiger partial charge in [0.1, 0.15) is 18.1 Å². The second kappa shape index (κ2) is 5.44. The van der Waals surface area contributed by atoms with Gasteiger partial charge in [0.05, 0.1) is 5.36 Å². The summed E-state index contributed by atoms with van der Waals surface area (Å²) in [6, 6.07) is 8.89. The number of hydrogen-bond donors (Lipinski definition) is 1. The van der Waals surface area contributed by atoms with E-state index < -0.39 is 0 Å². The van der Waals surface area contributed by atoms with Crippen LogP contribution in [-0.2, 0) is 13.6 Å². The molecule has 0 radical (unpaired) electrons. The molecule has 1 aliphatic carbocycles. The van der Waals surface area contributed by atoms with Crippen LogP contribution in [0.25, 0.3) is 22.4 Å². The molecule has 7 nitrogen and oxygen atoms in total. The third-order valence-corrected chi connectivity index (χ3v) is 3.67. The summed E-state index contributed by atoms with van der Waals surface area (Å²) in [4.78, 5) is 17.0. The van der Waals surface area contributed by atoms with E-state index in [9.17, 15) is 4.79 Å². The van der Waals surface area contributed by atoms with Gasteiger partial charge in [0.25, 0.3) is 0 Å². The lowest BCUT2D eigenvalue weighted by Gasteiger charge is -2.08. The number of pyridine rings is 1. The summed E-state index contributed by atoms with van der Waals surface area (Å²) in [5, 5.41) is 7.95. The van der Waals surface area contributed by atoms with E-state index in [2.05, 4.69) is 15.3 Å². The summed E-state index contributed by atoms with van der Waals surface area (Å²) in [5.74, 6) is 0. The van der Waals surface area contributed by atoms with Crippen molar-refractivity contribution in [1.82, 2.24) is 9.55 Å². The van der Waals surface area contributed by atoms with Gasteiger partial charge in [-0.3, -0.25) is 0 Å². The lowest BCUT2D eigenvalue weighted by molar-refractivity contribution is -0.672. The molecular formula is C15H15N6O+. The second-order valence-corrected chi connectivity index (χ2v) is 4.86. The van der Waals surface area contributed by atoms with Crippen LogP contribution in [0.15, 0.2) is 51.6 Å². The Morgan fingerprint density at radius 1 is 1.36 bits per heavy atom. The fraction of sp³-hybridized carbons (Fsp3) is 0.200. The normalized spacial score (nSPS) is 12.0. The zero-order valence-corrected chi connectivity index (χ0v) is 12.3. The van der Waals surface area contributed by atoms with E-state index in [4.69, 9.17) is 5.53 Å². The number of hydrogen-bond acceptors (Lipinski definition) is 4. The van der Waals surface area contributed by atoms with Crippen LogP contribution in [0.5, 0.6) is 0 Å². The molecule has 3 rings (SSSR count). The number of benzene rings is 1. The molecular weight excluding hydrogens is 280 g/mol. The Kier molecular flexibility index (Phi) is 3.46. The van der Waals surface area contributed by atoms with Crippen LogP contribution in [0.1, 0.15) is 6.92 Å². The number of rotatable bonds is 2. The molecule has 0 saturated heterocycles. The first-order chi connectivity index (χ1) is 10.7. The molecule has 1 aromatic rings. The molecule has 2 aliphatic rings. The van der Waals surface area contributed by atoms with E-state index in [0.29, 0.717) is 22.9 Å². The Labute approximate surface area is 126 Å². The van der Waals surface area contributed by atoms with Crippen molar-refractivity contribution in [3.05, 3.63) is 52.2 Å². The molecule has 0 unspecified atom stereocenters. The van der Waals surface area contributed by atoms with Crippen molar-refractivity contribution in [2.45, 2.75) is 13.5 Å². The summed E-state index contributed by atoms with van der Waals surface area (Å²) in [5.41, 5.74) is 8.99. The summed E-state index contributed by atoms with van der Waals surface area (Å²) in [6.07, 6.45) is 1.67. The van der Waals surface area contributed by atoms with E-state index in [1.54, 1.807) is 36.0 Å². The fourth-order valence-electron chi connectivity index (χ4n) is 2.63. The van der Waals surface area contributed by atoms with Crippen LogP contribution in [0.2, 0.25) is 0 Å². The highest BCUT2D eigenvalue weighted by Gasteiger charge is 2.21. The molecule has 2 heterocycles. The molecule has 7 heteroatoms. The highest BCUT2D eigenvalue weighted by atomic mass is 16.1. The second-order valence-electron chi connectivity index (χ2n) is 4.86. The van der Waals surface area contributed by atoms with E-state index >= 15 is 0 Å². The maximum Gasteiger partial charge on any atom is 0.423 e. The van der Waals surface area contributed by atoms with Gasteiger partial charge in [-0.1, -0.05) is 5.22 Å². The van der Waals surface area contributed by atoms with Gasteiger partial charge in [0.2, 0.25) is 5.69 Å². The van der Waals surface area contributed by atoms with Gasteiger partial charge in [0, 0.05) is 18.8 Å². The molecule has 22 heavy (non-hydrogen) atoms. The van der Waals surface area contributed by atoms with Crippen LogP contribution in [0, 0.1) is 5.53 Å². The summed E-state index contributed by atoms with van der Waals surface area (Å²) < 4.78 is 3.57. The minimum absolute atomic E-state index is 0.102. The maximum atomic E-state index is 12.7. The van der Waals surface area contributed by atoms with Crippen LogP contribution >= 0.6 is 0 Å². The Hall–Kier alpha value is -2.96. The van der Waals surface area contributed by atoms with Crippen molar-refractivity contribution in [3.8, 4) is 11.4 Å². The van der Waals surface area contributed by atoms with E-state index in [1.807, 2.05) is 23.6 Å². The van der Waals surface area contributed by atoms with E-state index in [1.165, 1.54) is 0 Å². The molecule has 0 amide bonds. The molecule has 0 spiro atoms. The SMILES string of the molecule is CCn1c2cc(=NN=N)ccc-2[n+](C)c(=O)c2cccnc21. The molecule has 0 aromatic carbocycles. The molecule has 1 aliphatic heterocycles. The van der Waals surface area contributed by atoms with Gasteiger partial charge >= 0.3 is 5.56 Å². The average Bonchev–Trinajstić information content (AvgIpc) is 2.63. The minimum Gasteiger partial charge on any atom is -0.320 e. The van der Waals surface area contributed by atoms with E-state index in [0.717, 1.165) is 11.4 Å². The van der Waals surface area contributed by atoms with Gasteiger partial charge in [-0.25, -0.2) is 9.78 Å². The number of aromatic nitrogens is 3. The first-order valence-corrected chi connectivity index (χ1v) is 6.89. The maximum absolute atomic E-state index is 12.7. The molecule has 1 aromatic heterocycles. The molecule has 0 saturated carbocycles. The van der Waals surface area contributed by atoms with E-state index in [-0.39, 0.29) is 5.56 Å². The minimum atomic E-state index is -0.102.